The van der Waals surface area contributed by atoms with E-state index in [2.05, 4.69) is 10.6 Å². The van der Waals surface area contributed by atoms with Gasteiger partial charge in [0.1, 0.15) is 0 Å². The Hall–Kier alpha value is -1.86. The molecule has 3 unspecified atom stereocenters. The van der Waals surface area contributed by atoms with E-state index in [1.807, 2.05) is 0 Å². The highest BCUT2D eigenvalue weighted by Crippen LogP contribution is 2.34. The third-order valence-electron chi connectivity index (χ3n) is 4.82. The minimum atomic E-state index is -0.517. The number of nitrogens with one attached hydrogen (secondary N) is 2. The van der Waals surface area contributed by atoms with Crippen LogP contribution in [0.2, 0.25) is 0 Å². The van der Waals surface area contributed by atoms with Crippen LogP contribution in [0.5, 0.6) is 5.75 Å². The number of rotatable bonds is 4. The summed E-state index contributed by atoms with van der Waals surface area (Å²) < 4.78 is 4.96. The van der Waals surface area contributed by atoms with Gasteiger partial charge in [-0.2, -0.15) is 0 Å². The fourth-order valence-electron chi connectivity index (χ4n) is 3.66. The molecular formula is C16H22ClN3O4. The van der Waals surface area contributed by atoms with Crippen LogP contribution in [0.1, 0.15) is 32.1 Å². The van der Waals surface area contributed by atoms with Crippen molar-refractivity contribution >= 4 is 29.7 Å². The number of halogens is 1. The summed E-state index contributed by atoms with van der Waals surface area (Å²) in [6, 6.07) is 4.66. The smallest absolute Gasteiger partial charge is 0.312 e. The molecule has 0 bridgehead atoms. The first-order chi connectivity index (χ1) is 11.1. The Bertz CT molecular complexity index is 611. The van der Waals surface area contributed by atoms with Crippen LogP contribution >= 0.6 is 12.4 Å². The fourth-order valence-corrected chi connectivity index (χ4v) is 3.66. The van der Waals surface area contributed by atoms with Crippen LogP contribution in [-0.2, 0) is 4.79 Å². The number of hydrogen-bond donors (Lipinski definition) is 2. The lowest BCUT2D eigenvalue weighted by atomic mass is 9.85. The molecule has 1 aromatic rings. The van der Waals surface area contributed by atoms with Crippen molar-refractivity contribution in [1.82, 2.24) is 5.32 Å². The highest BCUT2D eigenvalue weighted by Gasteiger charge is 2.38. The largest absolute Gasteiger partial charge is 0.490 e. The molecular weight excluding hydrogens is 334 g/mol. The van der Waals surface area contributed by atoms with E-state index in [4.69, 9.17) is 4.74 Å². The van der Waals surface area contributed by atoms with E-state index in [-0.39, 0.29) is 35.8 Å². The molecule has 0 spiro atoms. The highest BCUT2D eigenvalue weighted by atomic mass is 35.5. The van der Waals surface area contributed by atoms with Crippen LogP contribution < -0.4 is 15.4 Å². The van der Waals surface area contributed by atoms with Gasteiger partial charge in [-0.3, -0.25) is 14.9 Å². The van der Waals surface area contributed by atoms with Crippen LogP contribution in [0.3, 0.4) is 0 Å². The molecule has 1 saturated heterocycles. The van der Waals surface area contributed by atoms with Gasteiger partial charge < -0.3 is 15.4 Å². The van der Waals surface area contributed by atoms with Gasteiger partial charge in [-0.05, 0) is 37.3 Å². The van der Waals surface area contributed by atoms with E-state index in [9.17, 15) is 14.9 Å². The zero-order valence-electron chi connectivity index (χ0n) is 13.5. The van der Waals surface area contributed by atoms with Crippen molar-refractivity contribution in [2.75, 3.05) is 12.4 Å². The summed E-state index contributed by atoms with van der Waals surface area (Å²) in [5, 5.41) is 17.2. The molecule has 3 rings (SSSR count). The van der Waals surface area contributed by atoms with Crippen LogP contribution in [-0.4, -0.2) is 30.0 Å². The maximum Gasteiger partial charge on any atom is 0.312 e. The number of benzene rings is 1. The maximum absolute atomic E-state index is 12.4. The lowest BCUT2D eigenvalue weighted by Gasteiger charge is -2.24. The molecule has 1 amide bonds. The second kappa shape index (κ2) is 7.81. The zero-order valence-corrected chi connectivity index (χ0v) is 14.3. The molecule has 0 aromatic heterocycles. The number of carbonyl (C=O) groups excluding carboxylic acids is 1. The van der Waals surface area contributed by atoms with Gasteiger partial charge in [-0.15, -0.1) is 12.4 Å². The summed E-state index contributed by atoms with van der Waals surface area (Å²) in [4.78, 5) is 22.9. The Kier molecular flexibility index (Phi) is 6.01. The number of amides is 1. The lowest BCUT2D eigenvalue weighted by Crippen LogP contribution is -2.39. The molecule has 2 N–H and O–H groups in total. The SMILES string of the molecule is COc1ccc(NC(=O)C2CC3CCCCC3N2)cc1[N+](=O)[O-].Cl. The molecule has 132 valence electrons. The van der Waals surface area contributed by atoms with E-state index in [0.29, 0.717) is 17.6 Å². The van der Waals surface area contributed by atoms with Crippen LogP contribution in [0, 0.1) is 16.0 Å². The quantitative estimate of drug-likeness (QED) is 0.639. The molecule has 2 fully saturated rings. The number of methoxy groups -OCH3 is 1. The summed E-state index contributed by atoms with van der Waals surface area (Å²) in [7, 11) is 1.38. The van der Waals surface area contributed by atoms with Gasteiger partial charge in [-0.1, -0.05) is 12.8 Å². The van der Waals surface area contributed by atoms with E-state index in [1.165, 1.54) is 38.5 Å². The minimum absolute atomic E-state index is 0. The first-order valence-corrected chi connectivity index (χ1v) is 7.98. The Balaban J connectivity index is 0.00000208. The summed E-state index contributed by atoms with van der Waals surface area (Å²) in [5.41, 5.74) is 0.262. The number of ether oxygens (including phenoxy) is 1. The molecule has 3 atom stereocenters. The average molecular weight is 356 g/mol. The van der Waals surface area contributed by atoms with E-state index in [0.717, 1.165) is 12.8 Å². The molecule has 1 aliphatic carbocycles. The Morgan fingerprint density at radius 1 is 1.38 bits per heavy atom. The van der Waals surface area contributed by atoms with Crippen molar-refractivity contribution in [3.63, 3.8) is 0 Å². The standard InChI is InChI=1S/C16H21N3O4.ClH/c1-23-15-7-6-11(9-14(15)19(21)22)17-16(20)13-8-10-4-2-3-5-12(10)18-13;/h6-7,9-10,12-13,18H,2-5,8H2,1H3,(H,17,20);1H. The highest BCUT2D eigenvalue weighted by molar-refractivity contribution is 5.95. The summed E-state index contributed by atoms with van der Waals surface area (Å²) in [5.74, 6) is 0.626. The van der Waals surface area contributed by atoms with Crippen molar-refractivity contribution in [2.24, 2.45) is 5.92 Å². The molecule has 1 saturated carbocycles. The van der Waals surface area contributed by atoms with Crippen molar-refractivity contribution in [3.8, 4) is 5.75 Å². The summed E-state index contributed by atoms with van der Waals surface area (Å²) in [6.07, 6.45) is 5.60. The number of nitro groups is 1. The average Bonchev–Trinajstić information content (AvgIpc) is 2.99. The number of fused-ring (bicyclic) bond motifs is 1. The van der Waals surface area contributed by atoms with E-state index < -0.39 is 4.92 Å². The summed E-state index contributed by atoms with van der Waals surface area (Å²) >= 11 is 0. The van der Waals surface area contributed by atoms with Crippen LogP contribution in [0.15, 0.2) is 18.2 Å². The Morgan fingerprint density at radius 3 is 2.79 bits per heavy atom. The molecule has 1 heterocycles. The van der Waals surface area contributed by atoms with Gasteiger partial charge in [0, 0.05) is 17.8 Å². The monoisotopic (exact) mass is 355 g/mol. The first kappa shape index (κ1) is 18.5. The third-order valence-corrected chi connectivity index (χ3v) is 4.82. The Morgan fingerprint density at radius 2 is 2.12 bits per heavy atom. The van der Waals surface area contributed by atoms with Gasteiger partial charge in [0.15, 0.2) is 5.75 Å². The second-order valence-corrected chi connectivity index (χ2v) is 6.24. The molecule has 1 aliphatic heterocycles. The van der Waals surface area contributed by atoms with Gasteiger partial charge in [0.25, 0.3) is 0 Å². The van der Waals surface area contributed by atoms with Gasteiger partial charge in [-0.25, -0.2) is 0 Å². The molecule has 24 heavy (non-hydrogen) atoms. The lowest BCUT2D eigenvalue weighted by molar-refractivity contribution is -0.385. The topological polar surface area (TPSA) is 93.5 Å². The van der Waals surface area contributed by atoms with Crippen LogP contribution in [0.25, 0.3) is 0 Å². The molecule has 0 radical (unpaired) electrons. The molecule has 7 nitrogen and oxygen atoms in total. The predicted octanol–water partition coefficient (Wildman–Crippen LogP) is 2.88. The Labute approximate surface area is 146 Å². The normalized spacial score (nSPS) is 25.3. The van der Waals surface area contributed by atoms with E-state index in [1.54, 1.807) is 6.07 Å². The number of hydrogen-bond acceptors (Lipinski definition) is 5. The third kappa shape index (κ3) is 3.79. The summed E-state index contributed by atoms with van der Waals surface area (Å²) in [6.45, 7) is 0. The first-order valence-electron chi connectivity index (χ1n) is 7.98. The number of anilines is 1. The molecule has 8 heteroatoms. The number of carbonyl (C=O) groups is 1. The van der Waals surface area contributed by atoms with Gasteiger partial charge in [0.05, 0.1) is 18.1 Å². The van der Waals surface area contributed by atoms with Crippen molar-refractivity contribution in [3.05, 3.63) is 28.3 Å². The maximum atomic E-state index is 12.4. The van der Waals surface area contributed by atoms with Crippen molar-refractivity contribution < 1.29 is 14.5 Å². The minimum Gasteiger partial charge on any atom is -0.490 e. The fraction of sp³-hybridized carbons (Fsp3) is 0.562. The van der Waals surface area contributed by atoms with E-state index >= 15 is 0 Å². The van der Waals surface area contributed by atoms with Crippen LogP contribution in [0.4, 0.5) is 11.4 Å². The van der Waals surface area contributed by atoms with Crippen molar-refractivity contribution in [1.29, 1.82) is 0 Å². The van der Waals surface area contributed by atoms with Crippen molar-refractivity contribution in [2.45, 2.75) is 44.2 Å². The van der Waals surface area contributed by atoms with Gasteiger partial charge >= 0.3 is 5.69 Å². The molecule has 1 aromatic carbocycles. The molecule has 2 aliphatic rings. The van der Waals surface area contributed by atoms with Gasteiger partial charge in [0.2, 0.25) is 5.91 Å². The number of nitrogens with zero attached hydrogens (tertiary/aromatic N) is 1. The predicted molar refractivity (Wildman–Crippen MR) is 92.8 cm³/mol. The number of nitro benzene ring substituents is 1. The zero-order chi connectivity index (χ0) is 16.4. The second-order valence-electron chi connectivity index (χ2n) is 6.24.